The first-order valence-corrected chi connectivity index (χ1v) is 9.38. The van der Waals surface area contributed by atoms with Gasteiger partial charge in [-0.05, 0) is 46.6 Å². The molecule has 1 N–H and O–H groups in total. The summed E-state index contributed by atoms with van der Waals surface area (Å²) in [5.74, 6) is 0.260. The van der Waals surface area contributed by atoms with E-state index in [0.717, 1.165) is 49.4 Å². The number of piperazine rings is 1. The maximum Gasteiger partial charge on any atom is 0.255 e. The van der Waals surface area contributed by atoms with Gasteiger partial charge in [-0.25, -0.2) is 0 Å². The molecule has 0 aliphatic carbocycles. The fraction of sp³-hybridized carbons (Fsp3) is 0.684. The minimum Gasteiger partial charge on any atom is -0.346 e. The van der Waals surface area contributed by atoms with Crippen molar-refractivity contribution in [2.75, 3.05) is 32.7 Å². The van der Waals surface area contributed by atoms with Crippen LogP contribution in [0.25, 0.3) is 0 Å². The standard InChI is InChI=1S/C19H30N4O2.ClH/c1-13(2)23-14(3)10-17(15(23)4)19(25)21-8-5-6-16(12-21)22-9-7-20-11-18(22)24;/h10,13,16,20H,5-9,11-12H2,1-4H3;1H. The number of aryl methyl sites for hydroxylation is 1. The molecule has 1 unspecified atom stereocenters. The van der Waals surface area contributed by atoms with Crippen LogP contribution in [0, 0.1) is 13.8 Å². The Bertz CT molecular complexity index is 671. The number of amides is 2. The van der Waals surface area contributed by atoms with Gasteiger partial charge in [-0.15, -0.1) is 12.4 Å². The predicted molar refractivity (Wildman–Crippen MR) is 105 cm³/mol. The number of carbonyl (C=O) groups is 2. The Morgan fingerprint density at radius 1 is 1.27 bits per heavy atom. The van der Waals surface area contributed by atoms with Crippen LogP contribution in [0.3, 0.4) is 0 Å². The highest BCUT2D eigenvalue weighted by Gasteiger charge is 2.32. The zero-order chi connectivity index (χ0) is 18.1. The van der Waals surface area contributed by atoms with Crippen molar-refractivity contribution in [3.63, 3.8) is 0 Å². The number of piperidine rings is 1. The van der Waals surface area contributed by atoms with Crippen LogP contribution in [0.1, 0.15) is 54.5 Å². The molecule has 146 valence electrons. The number of carbonyl (C=O) groups excluding carboxylic acids is 2. The molecule has 7 heteroatoms. The topological polar surface area (TPSA) is 57.6 Å². The van der Waals surface area contributed by atoms with Gasteiger partial charge in [0, 0.05) is 49.7 Å². The molecule has 0 aromatic carbocycles. The van der Waals surface area contributed by atoms with Crippen molar-refractivity contribution in [2.45, 2.75) is 52.6 Å². The summed E-state index contributed by atoms with van der Waals surface area (Å²) >= 11 is 0. The Labute approximate surface area is 162 Å². The zero-order valence-corrected chi connectivity index (χ0v) is 17.1. The van der Waals surface area contributed by atoms with Crippen LogP contribution >= 0.6 is 12.4 Å². The summed E-state index contributed by atoms with van der Waals surface area (Å²) in [4.78, 5) is 29.2. The number of halogens is 1. The number of hydrogen-bond acceptors (Lipinski definition) is 3. The number of likely N-dealkylation sites (tertiary alicyclic amines) is 1. The molecule has 3 rings (SSSR count). The third-order valence-corrected chi connectivity index (χ3v) is 5.48. The highest BCUT2D eigenvalue weighted by Crippen LogP contribution is 2.24. The molecule has 6 nitrogen and oxygen atoms in total. The summed E-state index contributed by atoms with van der Waals surface area (Å²) in [5.41, 5.74) is 2.97. The normalized spacial score (nSPS) is 21.1. The van der Waals surface area contributed by atoms with E-state index >= 15 is 0 Å². The monoisotopic (exact) mass is 382 g/mol. The van der Waals surface area contributed by atoms with Gasteiger partial charge in [-0.1, -0.05) is 0 Å². The first kappa shape index (κ1) is 20.8. The van der Waals surface area contributed by atoms with Gasteiger partial charge in [0.1, 0.15) is 0 Å². The second kappa shape index (κ2) is 8.44. The van der Waals surface area contributed by atoms with E-state index in [1.807, 2.05) is 22.8 Å². The van der Waals surface area contributed by atoms with E-state index in [0.29, 0.717) is 19.1 Å². The van der Waals surface area contributed by atoms with Gasteiger partial charge in [0.15, 0.2) is 0 Å². The van der Waals surface area contributed by atoms with Crippen molar-refractivity contribution < 1.29 is 9.59 Å². The highest BCUT2D eigenvalue weighted by atomic mass is 35.5. The number of nitrogens with one attached hydrogen (secondary N) is 1. The third-order valence-electron chi connectivity index (χ3n) is 5.48. The summed E-state index contributed by atoms with van der Waals surface area (Å²) in [7, 11) is 0. The molecule has 1 atom stereocenters. The number of nitrogens with zero attached hydrogens (tertiary/aromatic N) is 3. The molecular formula is C19H31ClN4O2. The molecule has 0 radical (unpaired) electrons. The summed E-state index contributed by atoms with van der Waals surface area (Å²) in [6.07, 6.45) is 1.94. The van der Waals surface area contributed by atoms with Crippen LogP contribution in [0.2, 0.25) is 0 Å². The van der Waals surface area contributed by atoms with E-state index < -0.39 is 0 Å². The fourth-order valence-corrected chi connectivity index (χ4v) is 4.36. The predicted octanol–water partition coefficient (Wildman–Crippen LogP) is 2.14. The number of aromatic nitrogens is 1. The molecule has 2 fully saturated rings. The van der Waals surface area contributed by atoms with Gasteiger partial charge >= 0.3 is 0 Å². The third kappa shape index (κ3) is 3.91. The Hall–Kier alpha value is -1.53. The first-order valence-electron chi connectivity index (χ1n) is 9.38. The van der Waals surface area contributed by atoms with Gasteiger partial charge in [0.05, 0.1) is 12.1 Å². The number of rotatable bonds is 3. The van der Waals surface area contributed by atoms with Crippen LogP contribution in [0.4, 0.5) is 0 Å². The fourth-order valence-electron chi connectivity index (χ4n) is 4.36. The van der Waals surface area contributed by atoms with Crippen LogP contribution < -0.4 is 5.32 Å². The molecule has 3 heterocycles. The highest BCUT2D eigenvalue weighted by molar-refractivity contribution is 5.96. The van der Waals surface area contributed by atoms with Crippen molar-refractivity contribution in [1.82, 2.24) is 19.7 Å². The Balaban J connectivity index is 0.00000243. The van der Waals surface area contributed by atoms with Gasteiger partial charge in [-0.3, -0.25) is 9.59 Å². The van der Waals surface area contributed by atoms with Crippen molar-refractivity contribution in [3.8, 4) is 0 Å². The summed E-state index contributed by atoms with van der Waals surface area (Å²) in [5, 5.41) is 3.12. The molecule has 2 saturated heterocycles. The lowest BCUT2D eigenvalue weighted by Crippen LogP contribution is -2.57. The maximum absolute atomic E-state index is 13.1. The van der Waals surface area contributed by atoms with E-state index in [4.69, 9.17) is 0 Å². The van der Waals surface area contributed by atoms with Crippen molar-refractivity contribution >= 4 is 24.2 Å². The average molecular weight is 383 g/mol. The molecule has 26 heavy (non-hydrogen) atoms. The minimum absolute atomic E-state index is 0. The van der Waals surface area contributed by atoms with Crippen molar-refractivity contribution in [3.05, 3.63) is 23.0 Å². The van der Waals surface area contributed by atoms with E-state index in [9.17, 15) is 9.59 Å². The minimum atomic E-state index is 0. The van der Waals surface area contributed by atoms with E-state index in [2.05, 4.69) is 30.7 Å². The van der Waals surface area contributed by atoms with Crippen LogP contribution in [-0.4, -0.2) is 64.9 Å². The molecule has 0 bridgehead atoms. The first-order chi connectivity index (χ1) is 11.9. The summed E-state index contributed by atoms with van der Waals surface area (Å²) in [6, 6.07) is 2.51. The smallest absolute Gasteiger partial charge is 0.255 e. The summed E-state index contributed by atoms with van der Waals surface area (Å²) in [6.45, 7) is 11.8. The molecule has 2 aliphatic heterocycles. The van der Waals surface area contributed by atoms with Crippen molar-refractivity contribution in [1.29, 1.82) is 0 Å². The van der Waals surface area contributed by atoms with Crippen LogP contribution in [0.5, 0.6) is 0 Å². The lowest BCUT2D eigenvalue weighted by Gasteiger charge is -2.41. The molecule has 2 amide bonds. The van der Waals surface area contributed by atoms with Gasteiger partial charge in [0.2, 0.25) is 5.91 Å². The van der Waals surface area contributed by atoms with Crippen LogP contribution in [-0.2, 0) is 4.79 Å². The Morgan fingerprint density at radius 3 is 2.62 bits per heavy atom. The zero-order valence-electron chi connectivity index (χ0n) is 16.2. The van der Waals surface area contributed by atoms with Crippen molar-refractivity contribution in [2.24, 2.45) is 0 Å². The average Bonchev–Trinajstić information content (AvgIpc) is 2.89. The summed E-state index contributed by atoms with van der Waals surface area (Å²) < 4.78 is 2.22. The molecule has 0 spiro atoms. The van der Waals surface area contributed by atoms with E-state index in [1.165, 1.54) is 0 Å². The molecule has 0 saturated carbocycles. The van der Waals surface area contributed by atoms with Crippen LogP contribution in [0.15, 0.2) is 6.07 Å². The lowest BCUT2D eigenvalue weighted by molar-refractivity contribution is -0.135. The Morgan fingerprint density at radius 2 is 2.00 bits per heavy atom. The van der Waals surface area contributed by atoms with Gasteiger partial charge in [-0.2, -0.15) is 0 Å². The molecule has 1 aromatic rings. The number of hydrogen-bond donors (Lipinski definition) is 1. The largest absolute Gasteiger partial charge is 0.346 e. The molecular weight excluding hydrogens is 352 g/mol. The van der Waals surface area contributed by atoms with Gasteiger partial charge in [0.25, 0.3) is 5.91 Å². The molecule has 1 aromatic heterocycles. The maximum atomic E-state index is 13.1. The second-order valence-electron chi connectivity index (χ2n) is 7.56. The van der Waals surface area contributed by atoms with Gasteiger partial charge < -0.3 is 19.7 Å². The van der Waals surface area contributed by atoms with E-state index in [-0.39, 0.29) is 30.3 Å². The quantitative estimate of drug-likeness (QED) is 0.871. The second-order valence-corrected chi connectivity index (χ2v) is 7.56. The lowest BCUT2D eigenvalue weighted by atomic mass is 10.0. The SMILES string of the molecule is Cc1cc(C(=O)N2CCCC(N3CCNCC3=O)C2)c(C)n1C(C)C.Cl. The Kier molecular flexibility index (Phi) is 6.74. The molecule has 2 aliphatic rings. The van der Waals surface area contributed by atoms with E-state index in [1.54, 1.807) is 0 Å².